The third-order valence-corrected chi connectivity index (χ3v) is 3.44. The maximum Gasteiger partial charge on any atom is 0.337 e. The Balaban J connectivity index is 2.38. The fourth-order valence-corrected chi connectivity index (χ4v) is 2.07. The summed E-state index contributed by atoms with van der Waals surface area (Å²) in [7, 11) is 1.35. The lowest BCUT2D eigenvalue weighted by atomic mass is 9.97. The van der Waals surface area contributed by atoms with E-state index in [0.717, 1.165) is 10.2 Å². The number of anilines is 1. The van der Waals surface area contributed by atoms with Crippen LogP contribution in [0.25, 0.3) is 0 Å². The molecule has 0 radical (unpaired) electrons. The molecule has 0 aliphatic heterocycles. The predicted molar refractivity (Wildman–Crippen MR) is 79.2 cm³/mol. The zero-order valence-corrected chi connectivity index (χ0v) is 12.7. The number of rotatable bonds is 4. The first kappa shape index (κ1) is 14.5. The number of carbonyl (C=O) groups is 1. The number of carbonyl (C=O) groups excluding carboxylic acids is 1. The second kappa shape index (κ2) is 6.00. The number of ether oxygens (including phenoxy) is 1. The second-order valence-corrected chi connectivity index (χ2v) is 5.25. The molecule has 0 saturated carbocycles. The van der Waals surface area contributed by atoms with Gasteiger partial charge < -0.3 is 10.1 Å². The minimum absolute atomic E-state index is 0.430. The van der Waals surface area contributed by atoms with E-state index < -0.39 is 11.5 Å². The third-order valence-electron chi connectivity index (χ3n) is 2.91. The third kappa shape index (κ3) is 2.96. The summed E-state index contributed by atoms with van der Waals surface area (Å²) < 4.78 is 5.85. The maximum absolute atomic E-state index is 12.1. The van der Waals surface area contributed by atoms with E-state index in [9.17, 15) is 4.79 Å². The number of nitrogens with zero attached hydrogens (tertiary/aromatic N) is 2. The first-order chi connectivity index (χ1) is 9.56. The normalized spacial score (nSPS) is 13.3. The molecule has 6 heteroatoms. The summed E-state index contributed by atoms with van der Waals surface area (Å²) in [6, 6.07) is 7.50. The van der Waals surface area contributed by atoms with Crippen LogP contribution in [0, 0.1) is 0 Å². The zero-order valence-electron chi connectivity index (χ0n) is 11.1. The molecular weight excluding hydrogens is 322 g/mol. The zero-order chi connectivity index (χ0) is 14.6. The fourth-order valence-electron chi connectivity index (χ4n) is 1.80. The van der Waals surface area contributed by atoms with Crippen LogP contribution in [0.5, 0.6) is 0 Å². The van der Waals surface area contributed by atoms with Crippen LogP contribution in [0.3, 0.4) is 0 Å². The molecule has 2 rings (SSSR count). The van der Waals surface area contributed by atoms with Gasteiger partial charge in [-0.1, -0.05) is 15.9 Å². The minimum atomic E-state index is -1.10. The average Bonchev–Trinajstić information content (AvgIpc) is 2.49. The molecule has 104 valence electrons. The standard InChI is InChI=1S/C14H14BrN3O2/c1-14(13(19)20-2,12-9-16-7-8-17-12)18-11-5-3-10(15)4-6-11/h3-9,18H,1-2H3. The first-order valence-electron chi connectivity index (χ1n) is 5.95. The Morgan fingerprint density at radius 2 is 2.00 bits per heavy atom. The Kier molecular flexibility index (Phi) is 4.34. The molecular formula is C14H14BrN3O2. The van der Waals surface area contributed by atoms with Crippen LogP contribution in [0.2, 0.25) is 0 Å². The molecule has 0 aliphatic rings. The molecule has 1 heterocycles. The van der Waals surface area contributed by atoms with Crippen molar-refractivity contribution in [2.45, 2.75) is 12.5 Å². The van der Waals surface area contributed by atoms with Crippen LogP contribution in [0.4, 0.5) is 5.69 Å². The van der Waals surface area contributed by atoms with Crippen molar-refractivity contribution in [1.82, 2.24) is 9.97 Å². The SMILES string of the molecule is COC(=O)C(C)(Nc1ccc(Br)cc1)c1cnccn1. The van der Waals surface area contributed by atoms with E-state index in [1.54, 1.807) is 25.5 Å². The van der Waals surface area contributed by atoms with Crippen molar-refractivity contribution in [3.8, 4) is 0 Å². The van der Waals surface area contributed by atoms with E-state index in [0.29, 0.717) is 5.69 Å². The van der Waals surface area contributed by atoms with Gasteiger partial charge in [0.1, 0.15) is 0 Å². The number of nitrogens with one attached hydrogen (secondary N) is 1. The Labute approximate surface area is 125 Å². The highest BCUT2D eigenvalue weighted by Gasteiger charge is 2.38. The number of methoxy groups -OCH3 is 1. The Hall–Kier alpha value is -1.95. The summed E-state index contributed by atoms with van der Waals surface area (Å²) in [6.07, 6.45) is 4.64. The fraction of sp³-hybridized carbons (Fsp3) is 0.214. The van der Waals surface area contributed by atoms with Crippen LogP contribution < -0.4 is 5.32 Å². The molecule has 0 fully saturated rings. The molecule has 1 aromatic heterocycles. The number of hydrogen-bond donors (Lipinski definition) is 1. The highest BCUT2D eigenvalue weighted by atomic mass is 79.9. The van der Waals surface area contributed by atoms with Crippen LogP contribution in [-0.4, -0.2) is 23.0 Å². The maximum atomic E-state index is 12.1. The summed E-state index contributed by atoms with van der Waals surface area (Å²) >= 11 is 3.37. The molecule has 0 amide bonds. The van der Waals surface area contributed by atoms with Gasteiger partial charge >= 0.3 is 5.97 Å². The van der Waals surface area contributed by atoms with Crippen molar-refractivity contribution in [2.75, 3.05) is 12.4 Å². The van der Waals surface area contributed by atoms with Crippen molar-refractivity contribution < 1.29 is 9.53 Å². The number of aromatic nitrogens is 2. The van der Waals surface area contributed by atoms with Gasteiger partial charge in [0.05, 0.1) is 19.0 Å². The van der Waals surface area contributed by atoms with Crippen LogP contribution in [0.1, 0.15) is 12.6 Å². The van der Waals surface area contributed by atoms with E-state index in [1.807, 2.05) is 24.3 Å². The van der Waals surface area contributed by atoms with Gasteiger partial charge in [0.15, 0.2) is 5.54 Å². The lowest BCUT2D eigenvalue weighted by Gasteiger charge is -2.28. The number of benzene rings is 1. The average molecular weight is 336 g/mol. The van der Waals surface area contributed by atoms with Crippen LogP contribution in [-0.2, 0) is 15.1 Å². The summed E-state index contributed by atoms with van der Waals surface area (Å²) in [5.74, 6) is -0.430. The topological polar surface area (TPSA) is 64.1 Å². The van der Waals surface area contributed by atoms with E-state index >= 15 is 0 Å². The monoisotopic (exact) mass is 335 g/mol. The summed E-state index contributed by atoms with van der Waals surface area (Å²) in [5.41, 5.74) is 0.179. The molecule has 1 aromatic carbocycles. The minimum Gasteiger partial charge on any atom is -0.467 e. The van der Waals surface area contributed by atoms with E-state index in [-0.39, 0.29) is 0 Å². The van der Waals surface area contributed by atoms with E-state index in [1.165, 1.54) is 7.11 Å². The van der Waals surface area contributed by atoms with Gasteiger partial charge in [0, 0.05) is 22.6 Å². The molecule has 2 aromatic rings. The van der Waals surface area contributed by atoms with Crippen LogP contribution >= 0.6 is 15.9 Å². The molecule has 1 N–H and O–H groups in total. The summed E-state index contributed by atoms with van der Waals surface area (Å²) in [4.78, 5) is 20.3. The highest BCUT2D eigenvalue weighted by molar-refractivity contribution is 9.10. The van der Waals surface area contributed by atoms with Crippen molar-refractivity contribution in [3.05, 3.63) is 53.0 Å². The summed E-state index contributed by atoms with van der Waals surface area (Å²) in [6.45, 7) is 1.71. The molecule has 1 unspecified atom stereocenters. The molecule has 20 heavy (non-hydrogen) atoms. The van der Waals surface area contributed by atoms with Crippen molar-refractivity contribution in [1.29, 1.82) is 0 Å². The Morgan fingerprint density at radius 1 is 1.30 bits per heavy atom. The van der Waals surface area contributed by atoms with E-state index in [2.05, 4.69) is 31.2 Å². The Morgan fingerprint density at radius 3 is 2.55 bits per heavy atom. The smallest absolute Gasteiger partial charge is 0.337 e. The van der Waals surface area contributed by atoms with Gasteiger partial charge in [-0.25, -0.2) is 4.79 Å². The largest absolute Gasteiger partial charge is 0.467 e. The lowest BCUT2D eigenvalue weighted by molar-refractivity contribution is -0.145. The van der Waals surface area contributed by atoms with Gasteiger partial charge in [0.25, 0.3) is 0 Å². The summed E-state index contributed by atoms with van der Waals surface area (Å²) in [5, 5.41) is 3.15. The second-order valence-electron chi connectivity index (χ2n) is 4.34. The quantitative estimate of drug-likeness (QED) is 0.870. The number of halogens is 1. The predicted octanol–water partition coefficient (Wildman–Crippen LogP) is 2.74. The van der Waals surface area contributed by atoms with Gasteiger partial charge in [-0.2, -0.15) is 0 Å². The molecule has 5 nitrogen and oxygen atoms in total. The van der Waals surface area contributed by atoms with Gasteiger partial charge in [0.2, 0.25) is 0 Å². The van der Waals surface area contributed by atoms with E-state index in [4.69, 9.17) is 4.74 Å². The molecule has 0 saturated heterocycles. The highest BCUT2D eigenvalue weighted by Crippen LogP contribution is 2.26. The first-order valence-corrected chi connectivity index (χ1v) is 6.74. The van der Waals surface area contributed by atoms with Gasteiger partial charge in [-0.05, 0) is 31.2 Å². The lowest BCUT2D eigenvalue weighted by Crippen LogP contribution is -2.42. The van der Waals surface area contributed by atoms with Crippen molar-refractivity contribution >= 4 is 27.6 Å². The molecule has 0 aliphatic carbocycles. The molecule has 1 atom stereocenters. The Bertz CT molecular complexity index is 589. The number of esters is 1. The van der Waals surface area contributed by atoms with Gasteiger partial charge in [-0.3, -0.25) is 9.97 Å². The van der Waals surface area contributed by atoms with Gasteiger partial charge in [-0.15, -0.1) is 0 Å². The van der Waals surface area contributed by atoms with Crippen molar-refractivity contribution in [3.63, 3.8) is 0 Å². The van der Waals surface area contributed by atoms with Crippen LogP contribution in [0.15, 0.2) is 47.3 Å². The molecule has 0 bridgehead atoms. The number of hydrogen-bond acceptors (Lipinski definition) is 5. The van der Waals surface area contributed by atoms with Crippen molar-refractivity contribution in [2.24, 2.45) is 0 Å². The molecule has 0 spiro atoms.